The van der Waals surface area contributed by atoms with E-state index in [-0.39, 0.29) is 11.8 Å². The topological polar surface area (TPSA) is 21.3 Å². The fraction of sp³-hybridized carbons (Fsp3) is 0.200. The summed E-state index contributed by atoms with van der Waals surface area (Å²) in [6.45, 7) is -0.849. The van der Waals surface area contributed by atoms with Gasteiger partial charge in [0.15, 0.2) is 0 Å². The molecule has 20 heavy (non-hydrogen) atoms. The minimum atomic E-state index is -2.81. The Morgan fingerprint density at radius 2 is 1.85 bits per heavy atom. The summed E-state index contributed by atoms with van der Waals surface area (Å²) >= 11 is 3.46. The first-order valence-corrected chi connectivity index (χ1v) is 6.91. The van der Waals surface area contributed by atoms with Gasteiger partial charge >= 0.3 is 6.61 Å². The molecule has 0 spiro atoms. The Labute approximate surface area is 124 Å². The molecule has 0 aromatic heterocycles. The van der Waals surface area contributed by atoms with E-state index in [0.717, 1.165) is 15.7 Å². The predicted octanol–water partition coefficient (Wildman–Crippen LogP) is 5.22. The molecular weight excluding hydrogens is 328 g/mol. The van der Waals surface area contributed by atoms with Crippen LogP contribution in [-0.2, 0) is 0 Å². The fourth-order valence-corrected chi connectivity index (χ4v) is 2.25. The molecule has 2 aromatic rings. The van der Waals surface area contributed by atoms with E-state index < -0.39 is 6.61 Å². The van der Waals surface area contributed by atoms with Gasteiger partial charge in [-0.1, -0.05) is 24.3 Å². The number of hydrogen-bond acceptors (Lipinski definition) is 2. The number of alkyl halides is 2. The summed E-state index contributed by atoms with van der Waals surface area (Å²) in [4.78, 5) is 0. The maximum atomic E-state index is 12.2. The largest absolute Gasteiger partial charge is 0.435 e. The van der Waals surface area contributed by atoms with Crippen LogP contribution < -0.4 is 10.1 Å². The number of nitrogens with one attached hydrogen (secondary N) is 1. The summed E-state index contributed by atoms with van der Waals surface area (Å²) in [5.74, 6) is 0.165. The maximum absolute atomic E-state index is 12.2. The van der Waals surface area contributed by atoms with Gasteiger partial charge in [0.25, 0.3) is 0 Å². The smallest absolute Gasteiger partial charge is 0.387 e. The van der Waals surface area contributed by atoms with E-state index >= 15 is 0 Å². The summed E-state index contributed by atoms with van der Waals surface area (Å²) in [6.07, 6.45) is 0. The van der Waals surface area contributed by atoms with Crippen LogP contribution >= 0.6 is 15.9 Å². The minimum absolute atomic E-state index is 0.0325. The van der Waals surface area contributed by atoms with Gasteiger partial charge in [-0.3, -0.25) is 0 Å². The van der Waals surface area contributed by atoms with Crippen LogP contribution in [0.3, 0.4) is 0 Å². The van der Waals surface area contributed by atoms with Crippen LogP contribution in [0.2, 0.25) is 0 Å². The fourth-order valence-electron chi connectivity index (χ4n) is 1.85. The van der Waals surface area contributed by atoms with Crippen LogP contribution in [0.5, 0.6) is 5.75 Å². The van der Waals surface area contributed by atoms with Gasteiger partial charge in [0.1, 0.15) is 5.75 Å². The monoisotopic (exact) mass is 341 g/mol. The zero-order valence-corrected chi connectivity index (χ0v) is 12.4. The molecule has 106 valence electrons. The van der Waals surface area contributed by atoms with Crippen LogP contribution in [0, 0.1) is 0 Å². The lowest BCUT2D eigenvalue weighted by Crippen LogP contribution is -2.08. The van der Waals surface area contributed by atoms with Crippen LogP contribution in [0.4, 0.5) is 14.5 Å². The second-order valence-electron chi connectivity index (χ2n) is 4.30. The van der Waals surface area contributed by atoms with E-state index in [1.54, 1.807) is 12.1 Å². The number of ether oxygens (including phenoxy) is 1. The second kappa shape index (κ2) is 6.70. The lowest BCUT2D eigenvalue weighted by atomic mass is 10.1. The standard InChI is InChI=1S/C15H14BrF2NO/c1-10(19-14-8-3-2-7-13(14)16)11-5-4-6-12(9-11)20-15(17)18/h2-10,15,19H,1H3. The van der Waals surface area contributed by atoms with Gasteiger partial charge in [-0.2, -0.15) is 8.78 Å². The quantitative estimate of drug-likeness (QED) is 0.804. The average molecular weight is 342 g/mol. The number of rotatable bonds is 5. The highest BCUT2D eigenvalue weighted by Crippen LogP contribution is 2.27. The summed E-state index contributed by atoms with van der Waals surface area (Å²) in [7, 11) is 0. The zero-order valence-electron chi connectivity index (χ0n) is 10.8. The molecule has 2 aromatic carbocycles. The molecule has 2 nitrogen and oxygen atoms in total. The number of para-hydroxylation sites is 1. The minimum Gasteiger partial charge on any atom is -0.435 e. The molecular formula is C15H14BrF2NO. The van der Waals surface area contributed by atoms with Crippen molar-refractivity contribution >= 4 is 21.6 Å². The van der Waals surface area contributed by atoms with Crippen LogP contribution in [0.15, 0.2) is 53.0 Å². The highest BCUT2D eigenvalue weighted by molar-refractivity contribution is 9.10. The summed E-state index contributed by atoms with van der Waals surface area (Å²) in [5, 5.41) is 3.32. The Hall–Kier alpha value is -1.62. The summed E-state index contributed by atoms with van der Waals surface area (Å²) in [5.41, 5.74) is 1.82. The number of halogens is 3. The van der Waals surface area contributed by atoms with E-state index in [2.05, 4.69) is 26.0 Å². The van der Waals surface area contributed by atoms with Crippen molar-refractivity contribution < 1.29 is 13.5 Å². The van der Waals surface area contributed by atoms with Gasteiger partial charge in [0.05, 0.1) is 0 Å². The van der Waals surface area contributed by atoms with Gasteiger partial charge in [-0.25, -0.2) is 0 Å². The van der Waals surface area contributed by atoms with Crippen molar-refractivity contribution in [3.8, 4) is 5.75 Å². The molecule has 0 aliphatic carbocycles. The molecule has 0 heterocycles. The number of benzene rings is 2. The van der Waals surface area contributed by atoms with E-state index in [1.165, 1.54) is 6.07 Å². The Kier molecular flexibility index (Phi) is 4.95. The molecule has 0 amide bonds. The molecule has 0 aliphatic heterocycles. The van der Waals surface area contributed by atoms with Crippen LogP contribution in [0.25, 0.3) is 0 Å². The maximum Gasteiger partial charge on any atom is 0.387 e. The van der Waals surface area contributed by atoms with Crippen molar-refractivity contribution in [2.45, 2.75) is 19.6 Å². The normalized spacial score (nSPS) is 12.2. The lowest BCUT2D eigenvalue weighted by Gasteiger charge is -2.17. The Balaban J connectivity index is 2.13. The highest BCUT2D eigenvalue weighted by atomic mass is 79.9. The van der Waals surface area contributed by atoms with Crippen molar-refractivity contribution in [1.82, 2.24) is 0 Å². The zero-order chi connectivity index (χ0) is 14.5. The molecule has 2 rings (SSSR count). The highest BCUT2D eigenvalue weighted by Gasteiger charge is 2.10. The Morgan fingerprint density at radius 3 is 2.55 bits per heavy atom. The summed E-state index contributed by atoms with van der Waals surface area (Å²) < 4.78 is 29.8. The lowest BCUT2D eigenvalue weighted by molar-refractivity contribution is -0.0498. The van der Waals surface area contributed by atoms with E-state index in [0.29, 0.717) is 0 Å². The number of hydrogen-bond donors (Lipinski definition) is 1. The molecule has 1 unspecified atom stereocenters. The third-order valence-electron chi connectivity index (χ3n) is 2.83. The van der Waals surface area contributed by atoms with Crippen LogP contribution in [0.1, 0.15) is 18.5 Å². The molecule has 1 atom stereocenters. The predicted molar refractivity (Wildman–Crippen MR) is 79.3 cm³/mol. The van der Waals surface area contributed by atoms with Crippen LogP contribution in [-0.4, -0.2) is 6.61 Å². The van der Waals surface area contributed by atoms with Gasteiger partial charge in [0, 0.05) is 16.2 Å². The van der Waals surface area contributed by atoms with Gasteiger partial charge in [-0.15, -0.1) is 0 Å². The second-order valence-corrected chi connectivity index (χ2v) is 5.15. The molecule has 0 aliphatic rings. The first-order chi connectivity index (χ1) is 9.56. The van der Waals surface area contributed by atoms with Gasteiger partial charge < -0.3 is 10.1 Å². The van der Waals surface area contributed by atoms with Gasteiger partial charge in [0.2, 0.25) is 0 Å². The molecule has 5 heteroatoms. The van der Waals surface area contributed by atoms with E-state index in [1.807, 2.05) is 37.3 Å². The summed E-state index contributed by atoms with van der Waals surface area (Å²) in [6, 6.07) is 14.4. The van der Waals surface area contributed by atoms with E-state index in [4.69, 9.17) is 0 Å². The third-order valence-corrected chi connectivity index (χ3v) is 3.52. The van der Waals surface area contributed by atoms with Crippen molar-refractivity contribution in [2.75, 3.05) is 5.32 Å². The molecule has 0 bridgehead atoms. The molecule has 0 radical (unpaired) electrons. The SMILES string of the molecule is CC(Nc1ccccc1Br)c1cccc(OC(F)F)c1. The van der Waals surface area contributed by atoms with Crippen molar-refractivity contribution in [2.24, 2.45) is 0 Å². The molecule has 0 fully saturated rings. The molecule has 1 N–H and O–H groups in total. The number of anilines is 1. The van der Waals surface area contributed by atoms with Crippen molar-refractivity contribution in [1.29, 1.82) is 0 Å². The first kappa shape index (κ1) is 14.8. The Morgan fingerprint density at radius 1 is 1.10 bits per heavy atom. The van der Waals surface area contributed by atoms with E-state index in [9.17, 15) is 8.78 Å². The first-order valence-electron chi connectivity index (χ1n) is 6.12. The van der Waals surface area contributed by atoms with Crippen molar-refractivity contribution in [3.05, 3.63) is 58.6 Å². The molecule has 0 saturated heterocycles. The van der Waals surface area contributed by atoms with Gasteiger partial charge in [-0.05, 0) is 52.7 Å². The third kappa shape index (κ3) is 3.93. The average Bonchev–Trinajstić information content (AvgIpc) is 2.41. The molecule has 0 saturated carbocycles. The van der Waals surface area contributed by atoms with Crippen molar-refractivity contribution in [3.63, 3.8) is 0 Å². The Bertz CT molecular complexity index is 577.